The van der Waals surface area contributed by atoms with Gasteiger partial charge in [-0.3, -0.25) is 0 Å². The summed E-state index contributed by atoms with van der Waals surface area (Å²) in [5.41, 5.74) is 3.97. The Balaban J connectivity index is 2.12. The van der Waals surface area contributed by atoms with Crippen molar-refractivity contribution in [2.24, 2.45) is 0 Å². The van der Waals surface area contributed by atoms with E-state index < -0.39 is 6.10 Å². The van der Waals surface area contributed by atoms with Crippen molar-refractivity contribution in [3.8, 4) is 0 Å². The molecule has 0 fully saturated rings. The number of aryl methyl sites for hydroxylation is 2. The van der Waals surface area contributed by atoms with E-state index in [2.05, 4.69) is 37.4 Å². The first-order valence-electron chi connectivity index (χ1n) is 7.13. The lowest BCUT2D eigenvalue weighted by molar-refractivity contribution is 0.131. The molecule has 0 saturated carbocycles. The van der Waals surface area contributed by atoms with E-state index in [-0.39, 0.29) is 6.04 Å². The highest BCUT2D eigenvalue weighted by molar-refractivity contribution is 5.35. The highest BCUT2D eigenvalue weighted by Crippen LogP contribution is 2.26. The van der Waals surface area contributed by atoms with Crippen LogP contribution in [0.4, 0.5) is 0 Å². The lowest BCUT2D eigenvalue weighted by atomic mass is 9.88. The molecule has 100 valence electrons. The first kappa shape index (κ1) is 13.6. The number of benzene rings is 1. The highest BCUT2D eigenvalue weighted by atomic mass is 16.3. The standard InChI is InChI=1S/C16H25NO/c1-11(2)17-12(3)16(18)15-9-8-13-6-4-5-7-14(13)10-15/h8-12,16-18H,4-7H2,1-3H3/t12-,16+/m0/s1. The van der Waals surface area contributed by atoms with Gasteiger partial charge in [0.25, 0.3) is 0 Å². The van der Waals surface area contributed by atoms with Crippen molar-refractivity contribution >= 4 is 0 Å². The van der Waals surface area contributed by atoms with E-state index in [0.717, 1.165) is 5.56 Å². The fourth-order valence-corrected chi connectivity index (χ4v) is 2.84. The summed E-state index contributed by atoms with van der Waals surface area (Å²) in [6.07, 6.45) is 4.54. The fourth-order valence-electron chi connectivity index (χ4n) is 2.84. The van der Waals surface area contributed by atoms with E-state index in [1.54, 1.807) is 0 Å². The molecular formula is C16H25NO. The highest BCUT2D eigenvalue weighted by Gasteiger charge is 2.18. The van der Waals surface area contributed by atoms with Crippen molar-refractivity contribution in [2.45, 2.75) is 64.6 Å². The van der Waals surface area contributed by atoms with Gasteiger partial charge in [-0.15, -0.1) is 0 Å². The molecule has 0 aromatic heterocycles. The van der Waals surface area contributed by atoms with Crippen LogP contribution in [0.15, 0.2) is 18.2 Å². The van der Waals surface area contributed by atoms with Gasteiger partial charge in [-0.25, -0.2) is 0 Å². The Bertz CT molecular complexity index is 400. The van der Waals surface area contributed by atoms with Gasteiger partial charge in [0.15, 0.2) is 0 Å². The van der Waals surface area contributed by atoms with E-state index in [1.807, 2.05) is 6.92 Å². The van der Waals surface area contributed by atoms with E-state index in [9.17, 15) is 5.11 Å². The lowest BCUT2D eigenvalue weighted by Crippen LogP contribution is -2.37. The average molecular weight is 247 g/mol. The van der Waals surface area contributed by atoms with Crippen molar-refractivity contribution in [1.29, 1.82) is 0 Å². The van der Waals surface area contributed by atoms with Crippen LogP contribution in [0.25, 0.3) is 0 Å². The van der Waals surface area contributed by atoms with Crippen LogP contribution in [-0.4, -0.2) is 17.2 Å². The molecule has 1 aromatic carbocycles. The first-order valence-corrected chi connectivity index (χ1v) is 7.13. The Morgan fingerprint density at radius 1 is 1.06 bits per heavy atom. The SMILES string of the molecule is CC(C)N[C@@H](C)[C@@H](O)c1ccc2c(c1)CCCC2. The van der Waals surface area contributed by atoms with E-state index >= 15 is 0 Å². The number of rotatable bonds is 4. The molecule has 0 amide bonds. The number of aliphatic hydroxyl groups excluding tert-OH is 1. The van der Waals surface area contributed by atoms with Gasteiger partial charge in [-0.05, 0) is 49.3 Å². The van der Waals surface area contributed by atoms with E-state index in [4.69, 9.17) is 0 Å². The smallest absolute Gasteiger partial charge is 0.0940 e. The summed E-state index contributed by atoms with van der Waals surface area (Å²) in [7, 11) is 0. The van der Waals surface area contributed by atoms with Gasteiger partial charge in [0, 0.05) is 12.1 Å². The normalized spacial score (nSPS) is 18.5. The Kier molecular flexibility index (Phi) is 4.41. The molecule has 2 rings (SSSR count). The zero-order valence-electron chi connectivity index (χ0n) is 11.7. The first-order chi connectivity index (χ1) is 8.58. The van der Waals surface area contributed by atoms with Gasteiger partial charge in [-0.1, -0.05) is 32.0 Å². The van der Waals surface area contributed by atoms with E-state index in [0.29, 0.717) is 6.04 Å². The van der Waals surface area contributed by atoms with Gasteiger partial charge >= 0.3 is 0 Å². The number of fused-ring (bicyclic) bond motifs is 1. The second-order valence-electron chi connectivity index (χ2n) is 5.79. The van der Waals surface area contributed by atoms with Crippen LogP contribution in [0.3, 0.4) is 0 Å². The van der Waals surface area contributed by atoms with Crippen molar-refractivity contribution in [3.63, 3.8) is 0 Å². The third-order valence-electron chi connectivity index (χ3n) is 3.78. The molecule has 0 bridgehead atoms. The summed E-state index contributed by atoms with van der Waals surface area (Å²) in [5.74, 6) is 0. The third kappa shape index (κ3) is 3.12. The predicted octanol–water partition coefficient (Wildman–Crippen LogP) is 2.99. The molecule has 0 spiro atoms. The van der Waals surface area contributed by atoms with Gasteiger partial charge < -0.3 is 10.4 Å². The monoisotopic (exact) mass is 247 g/mol. The molecule has 0 unspecified atom stereocenters. The molecule has 0 saturated heterocycles. The molecule has 2 nitrogen and oxygen atoms in total. The van der Waals surface area contributed by atoms with Crippen LogP contribution >= 0.6 is 0 Å². The minimum atomic E-state index is -0.417. The largest absolute Gasteiger partial charge is 0.387 e. The molecule has 2 atom stereocenters. The zero-order valence-corrected chi connectivity index (χ0v) is 11.7. The summed E-state index contributed by atoms with van der Waals surface area (Å²) in [5, 5.41) is 13.7. The van der Waals surface area contributed by atoms with E-state index in [1.165, 1.54) is 36.8 Å². The maximum Gasteiger partial charge on any atom is 0.0940 e. The fraction of sp³-hybridized carbons (Fsp3) is 0.625. The molecule has 2 N–H and O–H groups in total. The lowest BCUT2D eigenvalue weighted by Gasteiger charge is -2.24. The Morgan fingerprint density at radius 3 is 2.39 bits per heavy atom. The zero-order chi connectivity index (χ0) is 13.1. The third-order valence-corrected chi connectivity index (χ3v) is 3.78. The van der Waals surface area contributed by atoms with Gasteiger partial charge in [0.2, 0.25) is 0 Å². The van der Waals surface area contributed by atoms with Crippen LogP contribution in [0, 0.1) is 0 Å². The van der Waals surface area contributed by atoms with Crippen LogP contribution in [-0.2, 0) is 12.8 Å². The second-order valence-corrected chi connectivity index (χ2v) is 5.79. The summed E-state index contributed by atoms with van der Waals surface area (Å²) in [6.45, 7) is 6.26. The Labute approximate surface area is 110 Å². The molecule has 0 aliphatic heterocycles. The molecule has 2 heteroatoms. The van der Waals surface area contributed by atoms with Gasteiger partial charge in [0.1, 0.15) is 0 Å². The van der Waals surface area contributed by atoms with Crippen molar-refractivity contribution in [2.75, 3.05) is 0 Å². The summed E-state index contributed by atoms with van der Waals surface area (Å²) < 4.78 is 0. The number of aliphatic hydroxyl groups is 1. The minimum absolute atomic E-state index is 0.0895. The molecule has 0 radical (unpaired) electrons. The number of hydrogen-bond acceptors (Lipinski definition) is 2. The molecule has 1 aliphatic rings. The minimum Gasteiger partial charge on any atom is -0.387 e. The molecular weight excluding hydrogens is 222 g/mol. The van der Waals surface area contributed by atoms with Crippen LogP contribution in [0.2, 0.25) is 0 Å². The quantitative estimate of drug-likeness (QED) is 0.857. The van der Waals surface area contributed by atoms with Gasteiger partial charge in [-0.2, -0.15) is 0 Å². The second kappa shape index (κ2) is 5.85. The maximum absolute atomic E-state index is 10.4. The topological polar surface area (TPSA) is 32.3 Å². The molecule has 0 heterocycles. The summed E-state index contributed by atoms with van der Waals surface area (Å²) in [4.78, 5) is 0. The van der Waals surface area contributed by atoms with Gasteiger partial charge in [0.05, 0.1) is 6.10 Å². The average Bonchev–Trinajstić information content (AvgIpc) is 2.36. The van der Waals surface area contributed by atoms with Crippen LogP contribution in [0.5, 0.6) is 0 Å². The molecule has 1 aromatic rings. The van der Waals surface area contributed by atoms with Crippen molar-refractivity contribution < 1.29 is 5.11 Å². The molecule has 1 aliphatic carbocycles. The summed E-state index contributed by atoms with van der Waals surface area (Å²) in [6, 6.07) is 6.99. The van der Waals surface area contributed by atoms with Crippen LogP contribution < -0.4 is 5.32 Å². The van der Waals surface area contributed by atoms with Crippen molar-refractivity contribution in [1.82, 2.24) is 5.32 Å². The maximum atomic E-state index is 10.4. The number of nitrogens with one attached hydrogen (secondary N) is 1. The predicted molar refractivity (Wildman–Crippen MR) is 75.8 cm³/mol. The molecule has 18 heavy (non-hydrogen) atoms. The Morgan fingerprint density at radius 2 is 1.72 bits per heavy atom. The Hall–Kier alpha value is -0.860. The van der Waals surface area contributed by atoms with Crippen LogP contribution in [0.1, 0.15) is 56.4 Å². The van der Waals surface area contributed by atoms with Crippen molar-refractivity contribution in [3.05, 3.63) is 34.9 Å². The number of hydrogen-bond donors (Lipinski definition) is 2. The summed E-state index contributed by atoms with van der Waals surface area (Å²) >= 11 is 0.